The van der Waals surface area contributed by atoms with Gasteiger partial charge in [-0.05, 0) is 124 Å². The molecule has 0 amide bonds. The summed E-state index contributed by atoms with van der Waals surface area (Å²) < 4.78 is 15.0. The topological polar surface area (TPSA) is 26.0 Å². The summed E-state index contributed by atoms with van der Waals surface area (Å²) >= 11 is 0. The van der Waals surface area contributed by atoms with Gasteiger partial charge in [-0.25, -0.2) is 4.39 Å². The highest BCUT2D eigenvalue weighted by molar-refractivity contribution is 5.11. The lowest BCUT2D eigenvalue weighted by atomic mass is 9.42. The second-order valence-corrected chi connectivity index (χ2v) is 11.8. The first-order valence-electron chi connectivity index (χ1n) is 12.1. The summed E-state index contributed by atoms with van der Waals surface area (Å²) in [5, 5.41) is 0. The fraction of sp³-hybridized carbons (Fsp3) is 1.00. The van der Waals surface area contributed by atoms with E-state index in [1.165, 1.54) is 51.4 Å². The van der Waals surface area contributed by atoms with Crippen LogP contribution in [0.2, 0.25) is 0 Å². The summed E-state index contributed by atoms with van der Waals surface area (Å²) in [7, 11) is 0. The molecule has 4 aliphatic carbocycles. The van der Waals surface area contributed by atoms with Crippen molar-refractivity contribution in [3.63, 3.8) is 0 Å². The van der Waals surface area contributed by atoms with Gasteiger partial charge in [0.25, 0.3) is 0 Å². The van der Waals surface area contributed by atoms with E-state index in [1.807, 2.05) is 6.92 Å². The highest BCUT2D eigenvalue weighted by Gasteiger charge is 2.62. The van der Waals surface area contributed by atoms with Crippen LogP contribution in [0.15, 0.2) is 0 Å². The Morgan fingerprint density at radius 1 is 0.926 bits per heavy atom. The zero-order chi connectivity index (χ0) is 19.4. The molecule has 4 fully saturated rings. The molecule has 0 spiro atoms. The van der Waals surface area contributed by atoms with Crippen molar-refractivity contribution in [2.75, 3.05) is 6.54 Å². The smallest absolute Gasteiger partial charge is 0.108 e. The van der Waals surface area contributed by atoms with Crippen LogP contribution in [-0.4, -0.2) is 12.2 Å². The number of rotatable bonds is 4. The fourth-order valence-corrected chi connectivity index (χ4v) is 9.02. The summed E-state index contributed by atoms with van der Waals surface area (Å²) in [4.78, 5) is 0. The summed E-state index contributed by atoms with van der Waals surface area (Å²) in [5.74, 6) is 4.94. The molecule has 27 heavy (non-hydrogen) atoms. The van der Waals surface area contributed by atoms with Crippen molar-refractivity contribution in [2.24, 2.45) is 52.1 Å². The Labute approximate surface area is 167 Å². The lowest BCUT2D eigenvalue weighted by Gasteiger charge is -2.63. The van der Waals surface area contributed by atoms with Crippen LogP contribution in [-0.2, 0) is 0 Å². The van der Waals surface area contributed by atoms with Crippen molar-refractivity contribution < 1.29 is 4.39 Å². The third-order valence-corrected chi connectivity index (χ3v) is 10.6. The van der Waals surface area contributed by atoms with Crippen molar-refractivity contribution in [1.82, 2.24) is 0 Å². The molecule has 7 unspecified atom stereocenters. The maximum Gasteiger partial charge on any atom is 0.108 e. The van der Waals surface area contributed by atoms with Gasteiger partial charge in [0.1, 0.15) is 5.67 Å². The molecule has 9 atom stereocenters. The first kappa shape index (κ1) is 20.2. The minimum absolute atomic E-state index is 0.395. The van der Waals surface area contributed by atoms with E-state index >= 15 is 0 Å². The Morgan fingerprint density at radius 3 is 2.37 bits per heavy atom. The Balaban J connectivity index is 1.61. The molecule has 0 heterocycles. The predicted octanol–water partition coefficient (Wildman–Crippen LogP) is 6.75. The van der Waals surface area contributed by atoms with Gasteiger partial charge in [-0.2, -0.15) is 0 Å². The molecule has 1 nitrogen and oxygen atoms in total. The van der Waals surface area contributed by atoms with Gasteiger partial charge in [0.2, 0.25) is 0 Å². The number of fused-ring (bicyclic) bond motifs is 5. The van der Waals surface area contributed by atoms with E-state index in [0.717, 1.165) is 55.4 Å². The van der Waals surface area contributed by atoms with Crippen LogP contribution in [0, 0.1) is 46.3 Å². The monoisotopic (exact) mass is 377 g/mol. The number of nitrogens with two attached hydrogens (primary N) is 1. The highest BCUT2D eigenvalue weighted by Crippen LogP contribution is 2.69. The molecule has 0 aromatic rings. The third kappa shape index (κ3) is 3.11. The fourth-order valence-electron chi connectivity index (χ4n) is 9.02. The molecule has 4 rings (SSSR count). The third-order valence-electron chi connectivity index (χ3n) is 10.6. The lowest BCUT2D eigenvalue weighted by Crippen LogP contribution is -2.57. The maximum atomic E-state index is 15.0. The van der Waals surface area contributed by atoms with Gasteiger partial charge in [-0.1, -0.05) is 27.2 Å². The first-order valence-corrected chi connectivity index (χ1v) is 12.1. The van der Waals surface area contributed by atoms with E-state index in [-0.39, 0.29) is 0 Å². The van der Waals surface area contributed by atoms with Crippen LogP contribution in [0.1, 0.15) is 98.3 Å². The van der Waals surface area contributed by atoms with Crippen molar-refractivity contribution in [1.29, 1.82) is 0 Å². The van der Waals surface area contributed by atoms with Crippen LogP contribution in [0.25, 0.3) is 0 Å². The van der Waals surface area contributed by atoms with E-state index < -0.39 is 5.67 Å². The van der Waals surface area contributed by atoms with E-state index in [4.69, 9.17) is 5.73 Å². The Morgan fingerprint density at radius 2 is 1.67 bits per heavy atom. The summed E-state index contributed by atoms with van der Waals surface area (Å²) in [5.41, 5.74) is 5.87. The molecular weight excluding hydrogens is 333 g/mol. The minimum atomic E-state index is -0.922. The van der Waals surface area contributed by atoms with Gasteiger partial charge < -0.3 is 5.73 Å². The Hall–Kier alpha value is -0.110. The maximum absolute atomic E-state index is 15.0. The summed E-state index contributed by atoms with van der Waals surface area (Å²) in [6.07, 6.45) is 13.6. The number of halogens is 1. The lowest BCUT2D eigenvalue weighted by molar-refractivity contribution is -0.156. The van der Waals surface area contributed by atoms with Gasteiger partial charge in [0.15, 0.2) is 0 Å². The largest absolute Gasteiger partial charge is 0.330 e. The molecule has 0 aromatic heterocycles. The quantitative estimate of drug-likeness (QED) is 0.576. The first-order chi connectivity index (χ1) is 12.7. The van der Waals surface area contributed by atoms with Crippen LogP contribution in [0.4, 0.5) is 4.39 Å². The molecule has 156 valence electrons. The van der Waals surface area contributed by atoms with Crippen molar-refractivity contribution in [3.05, 3.63) is 0 Å². The highest BCUT2D eigenvalue weighted by atomic mass is 19.1. The molecule has 2 N–H and O–H groups in total. The Kier molecular flexibility index (Phi) is 5.23. The molecule has 0 radical (unpaired) electrons. The van der Waals surface area contributed by atoms with Crippen molar-refractivity contribution >= 4 is 0 Å². The molecule has 0 bridgehead atoms. The number of hydrogen-bond donors (Lipinski definition) is 1. The standard InChI is InChI=1S/C25H44FN/c1-5-17-15-19-20-9-8-18(7-6-14-27)24(20,3)11-10-21(19)25(4)13-12-23(2,26)16-22(17)25/h17-22H,5-16,27H2,1-4H3/t17-,18?,19?,20?,21-,22?,23?,24?,25?/m0/s1. The summed E-state index contributed by atoms with van der Waals surface area (Å²) in [6.45, 7) is 10.3. The average Bonchev–Trinajstić information content (AvgIpc) is 2.96. The van der Waals surface area contributed by atoms with E-state index in [2.05, 4.69) is 20.8 Å². The Bertz CT molecular complexity index is 544. The summed E-state index contributed by atoms with van der Waals surface area (Å²) in [6, 6.07) is 0. The molecule has 4 saturated carbocycles. The molecule has 2 heteroatoms. The van der Waals surface area contributed by atoms with Gasteiger partial charge >= 0.3 is 0 Å². The van der Waals surface area contributed by atoms with Gasteiger partial charge in [0.05, 0.1) is 0 Å². The van der Waals surface area contributed by atoms with Gasteiger partial charge in [-0.15, -0.1) is 0 Å². The SMILES string of the molecule is CC[C@H]1CC2C3CCC(CCCN)C3(C)CC[C@@H]2C2(C)CCC(C)(F)CC12. The number of alkyl halides is 1. The molecule has 4 aliphatic rings. The minimum Gasteiger partial charge on any atom is -0.330 e. The van der Waals surface area contributed by atoms with E-state index in [9.17, 15) is 4.39 Å². The zero-order valence-corrected chi connectivity index (χ0v) is 18.4. The number of hydrogen-bond acceptors (Lipinski definition) is 1. The predicted molar refractivity (Wildman–Crippen MR) is 112 cm³/mol. The average molecular weight is 378 g/mol. The zero-order valence-electron chi connectivity index (χ0n) is 18.4. The van der Waals surface area contributed by atoms with E-state index in [1.54, 1.807) is 0 Å². The van der Waals surface area contributed by atoms with Crippen molar-refractivity contribution in [3.8, 4) is 0 Å². The van der Waals surface area contributed by atoms with Crippen molar-refractivity contribution in [2.45, 2.75) is 104 Å². The van der Waals surface area contributed by atoms with Crippen LogP contribution in [0.3, 0.4) is 0 Å². The van der Waals surface area contributed by atoms with E-state index in [0.29, 0.717) is 16.7 Å². The molecule has 0 aromatic carbocycles. The molecule has 0 saturated heterocycles. The van der Waals surface area contributed by atoms with Crippen LogP contribution >= 0.6 is 0 Å². The van der Waals surface area contributed by atoms with Gasteiger partial charge in [0, 0.05) is 0 Å². The van der Waals surface area contributed by atoms with Crippen LogP contribution in [0.5, 0.6) is 0 Å². The van der Waals surface area contributed by atoms with Crippen LogP contribution < -0.4 is 5.73 Å². The molecule has 0 aliphatic heterocycles. The second-order valence-electron chi connectivity index (χ2n) is 11.8. The van der Waals surface area contributed by atoms with Gasteiger partial charge in [-0.3, -0.25) is 0 Å². The normalized spacial score (nSPS) is 54.9. The second kappa shape index (κ2) is 6.99. The molecular formula is C25H44FN.